The third-order valence-electron chi connectivity index (χ3n) is 3.29. The zero-order chi connectivity index (χ0) is 15.2. The number of nitrogens with one attached hydrogen (secondary N) is 1. The Morgan fingerprint density at radius 1 is 1.05 bits per heavy atom. The van der Waals surface area contributed by atoms with Crippen molar-refractivity contribution in [3.8, 4) is 5.75 Å². The lowest BCUT2D eigenvalue weighted by molar-refractivity contribution is 0.340. The molecular formula is C17H19Br2NO. The van der Waals surface area contributed by atoms with Gasteiger partial charge < -0.3 is 10.1 Å². The van der Waals surface area contributed by atoms with Crippen LogP contribution in [0.5, 0.6) is 5.75 Å². The Hall–Kier alpha value is -0.840. The maximum absolute atomic E-state index is 5.46. The maximum atomic E-state index is 5.46. The van der Waals surface area contributed by atoms with Crippen molar-refractivity contribution in [3.05, 3.63) is 62.5 Å². The minimum atomic E-state index is 0.295. The molecule has 0 aliphatic heterocycles. The van der Waals surface area contributed by atoms with Crippen LogP contribution in [0.15, 0.2) is 51.4 Å². The summed E-state index contributed by atoms with van der Waals surface area (Å²) in [6.45, 7) is 5.70. The van der Waals surface area contributed by atoms with Crippen LogP contribution < -0.4 is 10.1 Å². The Morgan fingerprint density at radius 3 is 2.38 bits per heavy atom. The summed E-state index contributed by atoms with van der Waals surface area (Å²) in [6, 6.07) is 14.9. The van der Waals surface area contributed by atoms with Crippen molar-refractivity contribution in [2.75, 3.05) is 6.61 Å². The molecule has 1 atom stereocenters. The van der Waals surface area contributed by atoms with Gasteiger partial charge in [-0.25, -0.2) is 0 Å². The molecule has 0 saturated heterocycles. The molecule has 0 amide bonds. The average molecular weight is 413 g/mol. The lowest BCUT2D eigenvalue weighted by Crippen LogP contribution is -2.18. The summed E-state index contributed by atoms with van der Waals surface area (Å²) < 4.78 is 7.62. The topological polar surface area (TPSA) is 21.3 Å². The van der Waals surface area contributed by atoms with Crippen LogP contribution in [0.25, 0.3) is 0 Å². The van der Waals surface area contributed by atoms with Gasteiger partial charge in [-0.15, -0.1) is 0 Å². The molecule has 112 valence electrons. The van der Waals surface area contributed by atoms with E-state index in [-0.39, 0.29) is 0 Å². The van der Waals surface area contributed by atoms with Crippen molar-refractivity contribution in [2.24, 2.45) is 0 Å². The van der Waals surface area contributed by atoms with Crippen LogP contribution in [0.4, 0.5) is 0 Å². The van der Waals surface area contributed by atoms with Gasteiger partial charge in [-0.05, 0) is 81.1 Å². The summed E-state index contributed by atoms with van der Waals surface area (Å²) in [5, 5.41) is 3.54. The van der Waals surface area contributed by atoms with Gasteiger partial charge in [-0.2, -0.15) is 0 Å². The van der Waals surface area contributed by atoms with Gasteiger partial charge in [-0.3, -0.25) is 0 Å². The molecule has 2 aromatic carbocycles. The number of hydrogen-bond donors (Lipinski definition) is 1. The van der Waals surface area contributed by atoms with Gasteiger partial charge in [0.15, 0.2) is 0 Å². The molecule has 0 radical (unpaired) electrons. The molecule has 0 aromatic heterocycles. The molecule has 4 heteroatoms. The highest BCUT2D eigenvalue weighted by atomic mass is 79.9. The zero-order valence-corrected chi connectivity index (χ0v) is 15.4. The second kappa shape index (κ2) is 7.97. The molecule has 0 bridgehead atoms. The summed E-state index contributed by atoms with van der Waals surface area (Å²) in [5.41, 5.74) is 2.51. The lowest BCUT2D eigenvalue weighted by atomic mass is 10.1. The standard InChI is InChI=1S/C17H19Br2NO/c1-3-21-15-7-5-14(6-8-15)12(2)20-11-13-4-9-16(18)17(19)10-13/h4-10,12,20H,3,11H2,1-2H3. The Labute approximate surface area is 143 Å². The summed E-state index contributed by atoms with van der Waals surface area (Å²) in [7, 11) is 0. The van der Waals surface area contributed by atoms with E-state index in [2.05, 4.69) is 74.4 Å². The molecule has 0 spiro atoms. The molecule has 2 aromatic rings. The minimum Gasteiger partial charge on any atom is -0.494 e. The molecule has 0 aliphatic rings. The van der Waals surface area contributed by atoms with Crippen molar-refractivity contribution in [2.45, 2.75) is 26.4 Å². The molecule has 0 fully saturated rings. The van der Waals surface area contributed by atoms with Gasteiger partial charge in [0, 0.05) is 21.5 Å². The largest absolute Gasteiger partial charge is 0.494 e. The first-order chi connectivity index (χ1) is 10.1. The van der Waals surface area contributed by atoms with Crippen LogP contribution in [0, 0.1) is 0 Å². The second-order valence-electron chi connectivity index (χ2n) is 4.85. The van der Waals surface area contributed by atoms with Gasteiger partial charge >= 0.3 is 0 Å². The smallest absolute Gasteiger partial charge is 0.119 e. The van der Waals surface area contributed by atoms with Gasteiger partial charge in [-0.1, -0.05) is 18.2 Å². The SMILES string of the molecule is CCOc1ccc(C(C)NCc2ccc(Br)c(Br)c2)cc1. The summed E-state index contributed by atoms with van der Waals surface area (Å²) in [4.78, 5) is 0. The molecule has 21 heavy (non-hydrogen) atoms. The van der Waals surface area contributed by atoms with E-state index in [1.54, 1.807) is 0 Å². The van der Waals surface area contributed by atoms with Crippen LogP contribution in [0.2, 0.25) is 0 Å². The fourth-order valence-electron chi connectivity index (χ4n) is 2.06. The molecule has 2 nitrogen and oxygen atoms in total. The average Bonchev–Trinajstić information content (AvgIpc) is 2.49. The highest BCUT2D eigenvalue weighted by Gasteiger charge is 2.06. The van der Waals surface area contributed by atoms with E-state index in [9.17, 15) is 0 Å². The third kappa shape index (κ3) is 4.83. The number of benzene rings is 2. The quantitative estimate of drug-likeness (QED) is 0.679. The fraction of sp³-hybridized carbons (Fsp3) is 0.294. The van der Waals surface area contributed by atoms with Crippen molar-refractivity contribution >= 4 is 31.9 Å². The van der Waals surface area contributed by atoms with Crippen LogP contribution in [-0.4, -0.2) is 6.61 Å². The molecule has 1 unspecified atom stereocenters. The zero-order valence-electron chi connectivity index (χ0n) is 12.2. The van der Waals surface area contributed by atoms with Gasteiger partial charge in [0.25, 0.3) is 0 Å². The Morgan fingerprint density at radius 2 is 1.76 bits per heavy atom. The van der Waals surface area contributed by atoms with Crippen LogP contribution in [-0.2, 0) is 6.54 Å². The monoisotopic (exact) mass is 411 g/mol. The number of ether oxygens (including phenoxy) is 1. The van der Waals surface area contributed by atoms with Gasteiger partial charge in [0.2, 0.25) is 0 Å². The highest BCUT2D eigenvalue weighted by molar-refractivity contribution is 9.13. The van der Waals surface area contributed by atoms with Gasteiger partial charge in [0.1, 0.15) is 5.75 Å². The molecule has 0 saturated carbocycles. The Kier molecular flexibility index (Phi) is 6.27. The van der Waals surface area contributed by atoms with Crippen molar-refractivity contribution in [1.82, 2.24) is 5.32 Å². The number of rotatable bonds is 6. The molecule has 0 aliphatic carbocycles. The van der Waals surface area contributed by atoms with E-state index in [4.69, 9.17) is 4.74 Å². The first-order valence-corrected chi connectivity index (χ1v) is 8.59. The molecular weight excluding hydrogens is 394 g/mol. The lowest BCUT2D eigenvalue weighted by Gasteiger charge is -2.15. The van der Waals surface area contributed by atoms with Crippen LogP contribution in [0.3, 0.4) is 0 Å². The summed E-state index contributed by atoms with van der Waals surface area (Å²) in [5.74, 6) is 0.922. The predicted octanol–water partition coefficient (Wildman–Crippen LogP) is 5.46. The molecule has 1 N–H and O–H groups in total. The first-order valence-electron chi connectivity index (χ1n) is 7.00. The number of halogens is 2. The fourth-order valence-corrected chi connectivity index (χ4v) is 2.73. The van der Waals surface area contributed by atoms with Crippen molar-refractivity contribution in [1.29, 1.82) is 0 Å². The minimum absolute atomic E-state index is 0.295. The van der Waals surface area contributed by atoms with Gasteiger partial charge in [0.05, 0.1) is 6.61 Å². The normalized spacial score (nSPS) is 12.2. The Balaban J connectivity index is 1.94. The van der Waals surface area contributed by atoms with E-state index in [1.807, 2.05) is 19.1 Å². The van der Waals surface area contributed by atoms with E-state index >= 15 is 0 Å². The second-order valence-corrected chi connectivity index (χ2v) is 6.56. The maximum Gasteiger partial charge on any atom is 0.119 e. The van der Waals surface area contributed by atoms with Crippen LogP contribution in [0.1, 0.15) is 31.0 Å². The third-order valence-corrected chi connectivity index (χ3v) is 5.17. The first kappa shape index (κ1) is 16.5. The molecule has 0 heterocycles. The van der Waals surface area contributed by atoms with Crippen LogP contribution >= 0.6 is 31.9 Å². The van der Waals surface area contributed by atoms with E-state index in [0.29, 0.717) is 12.6 Å². The van der Waals surface area contributed by atoms with Crippen molar-refractivity contribution in [3.63, 3.8) is 0 Å². The van der Waals surface area contributed by atoms with E-state index < -0.39 is 0 Å². The Bertz CT molecular complexity index is 584. The molecule has 2 rings (SSSR count). The summed E-state index contributed by atoms with van der Waals surface area (Å²) >= 11 is 7.02. The summed E-state index contributed by atoms with van der Waals surface area (Å²) in [6.07, 6.45) is 0. The van der Waals surface area contributed by atoms with E-state index in [0.717, 1.165) is 21.2 Å². The highest BCUT2D eigenvalue weighted by Crippen LogP contribution is 2.24. The van der Waals surface area contributed by atoms with E-state index in [1.165, 1.54) is 11.1 Å². The predicted molar refractivity (Wildman–Crippen MR) is 94.7 cm³/mol. The van der Waals surface area contributed by atoms with Crippen molar-refractivity contribution < 1.29 is 4.74 Å². The number of hydrogen-bond acceptors (Lipinski definition) is 2.